The monoisotopic (exact) mass is 315 g/mol. The van der Waals surface area contributed by atoms with E-state index in [-0.39, 0.29) is 0 Å². The van der Waals surface area contributed by atoms with Gasteiger partial charge in [-0.3, -0.25) is 4.90 Å². The maximum absolute atomic E-state index is 6.06. The predicted molar refractivity (Wildman–Crippen MR) is 99.8 cm³/mol. The number of hydrogen-bond donors (Lipinski definition) is 2. The summed E-state index contributed by atoms with van der Waals surface area (Å²) in [5, 5.41) is 3.66. The smallest absolute Gasteiger partial charge is 0.0576 e. The van der Waals surface area contributed by atoms with Gasteiger partial charge in [0.15, 0.2) is 0 Å². The van der Waals surface area contributed by atoms with Crippen LogP contribution < -0.4 is 11.1 Å². The van der Waals surface area contributed by atoms with E-state index >= 15 is 0 Å². The summed E-state index contributed by atoms with van der Waals surface area (Å²) in [4.78, 5) is 2.78. The predicted octanol–water partition coefficient (Wildman–Crippen LogP) is 4.65. The van der Waals surface area contributed by atoms with Crippen LogP contribution in [-0.2, 0) is 0 Å². The second-order valence-corrected chi connectivity index (χ2v) is 7.76. The van der Waals surface area contributed by atoms with Gasteiger partial charge in [-0.05, 0) is 44.7 Å². The average molecular weight is 316 g/mol. The number of para-hydroxylation sites is 2. The molecule has 1 aromatic rings. The number of benzene rings is 1. The molecule has 2 aliphatic rings. The molecule has 3 rings (SSSR count). The fraction of sp³-hybridized carbons (Fsp3) is 0.700. The third-order valence-electron chi connectivity index (χ3n) is 6.01. The van der Waals surface area contributed by atoms with Gasteiger partial charge >= 0.3 is 0 Å². The van der Waals surface area contributed by atoms with Crippen molar-refractivity contribution in [1.82, 2.24) is 4.90 Å². The van der Waals surface area contributed by atoms with Gasteiger partial charge in [-0.2, -0.15) is 0 Å². The third-order valence-corrected chi connectivity index (χ3v) is 6.01. The number of likely N-dealkylation sites (tertiary alicyclic amines) is 1. The zero-order valence-corrected chi connectivity index (χ0v) is 14.7. The average Bonchev–Trinajstić information content (AvgIpc) is 2.54. The van der Waals surface area contributed by atoms with E-state index in [1.807, 2.05) is 12.1 Å². The van der Waals surface area contributed by atoms with Crippen molar-refractivity contribution in [3.63, 3.8) is 0 Å². The first-order valence-corrected chi connectivity index (χ1v) is 9.53. The lowest BCUT2D eigenvalue weighted by Crippen LogP contribution is -2.52. The van der Waals surface area contributed by atoms with Crippen LogP contribution in [0.3, 0.4) is 0 Å². The molecule has 0 bridgehead atoms. The van der Waals surface area contributed by atoms with E-state index < -0.39 is 0 Å². The van der Waals surface area contributed by atoms with Gasteiger partial charge < -0.3 is 11.1 Å². The van der Waals surface area contributed by atoms with E-state index in [4.69, 9.17) is 5.73 Å². The summed E-state index contributed by atoms with van der Waals surface area (Å²) < 4.78 is 0. The molecule has 23 heavy (non-hydrogen) atoms. The molecule has 0 atom stereocenters. The van der Waals surface area contributed by atoms with Gasteiger partial charge in [-0.15, -0.1) is 0 Å². The fourth-order valence-electron chi connectivity index (χ4n) is 4.40. The maximum atomic E-state index is 6.06. The van der Waals surface area contributed by atoms with Crippen LogP contribution >= 0.6 is 0 Å². The molecule has 1 aliphatic carbocycles. The molecule has 2 fully saturated rings. The Morgan fingerprint density at radius 2 is 1.61 bits per heavy atom. The summed E-state index contributed by atoms with van der Waals surface area (Å²) in [7, 11) is 0. The van der Waals surface area contributed by atoms with Crippen LogP contribution in [0.2, 0.25) is 0 Å². The Hall–Kier alpha value is -1.22. The molecule has 1 aliphatic heterocycles. The molecule has 3 nitrogen and oxygen atoms in total. The zero-order valence-electron chi connectivity index (χ0n) is 14.7. The summed E-state index contributed by atoms with van der Waals surface area (Å²) in [6, 6.07) is 8.69. The van der Waals surface area contributed by atoms with Crippen molar-refractivity contribution in [2.45, 2.75) is 76.3 Å². The molecule has 1 saturated carbocycles. The topological polar surface area (TPSA) is 41.3 Å². The number of nitrogens with two attached hydrogens (primary N) is 1. The number of piperidine rings is 1. The van der Waals surface area contributed by atoms with Gasteiger partial charge in [-0.1, -0.05) is 44.2 Å². The summed E-state index contributed by atoms with van der Waals surface area (Å²) in [6.45, 7) is 4.96. The van der Waals surface area contributed by atoms with Crippen LogP contribution in [0, 0.1) is 0 Å². The normalized spacial score (nSPS) is 23.9. The Labute approximate surface area is 141 Å². The highest BCUT2D eigenvalue weighted by atomic mass is 15.2. The molecule has 3 N–H and O–H groups in total. The van der Waals surface area contributed by atoms with Crippen molar-refractivity contribution in [2.24, 2.45) is 0 Å². The summed E-state index contributed by atoms with van der Waals surface area (Å²) >= 11 is 0. The molecular weight excluding hydrogens is 282 g/mol. The fourth-order valence-corrected chi connectivity index (χ4v) is 4.40. The zero-order chi connectivity index (χ0) is 16.1. The van der Waals surface area contributed by atoms with Gasteiger partial charge in [0.25, 0.3) is 0 Å². The first kappa shape index (κ1) is 16.6. The van der Waals surface area contributed by atoms with Gasteiger partial charge in [0.05, 0.1) is 11.4 Å². The maximum Gasteiger partial charge on any atom is 0.0576 e. The van der Waals surface area contributed by atoms with Crippen LogP contribution in [0.25, 0.3) is 0 Å². The quantitative estimate of drug-likeness (QED) is 0.798. The van der Waals surface area contributed by atoms with Crippen molar-refractivity contribution < 1.29 is 0 Å². The van der Waals surface area contributed by atoms with Crippen LogP contribution in [-0.4, -0.2) is 29.6 Å². The lowest BCUT2D eigenvalue weighted by atomic mass is 9.82. The van der Waals surface area contributed by atoms with E-state index in [0.717, 1.165) is 11.4 Å². The Morgan fingerprint density at radius 3 is 2.26 bits per heavy atom. The Morgan fingerprint density at radius 1 is 1.00 bits per heavy atom. The minimum absolute atomic E-state index is 0.442. The third kappa shape index (κ3) is 4.20. The highest BCUT2D eigenvalue weighted by Gasteiger charge is 2.34. The Balaban J connectivity index is 1.54. The highest BCUT2D eigenvalue weighted by molar-refractivity contribution is 5.65. The van der Waals surface area contributed by atoms with Crippen molar-refractivity contribution in [1.29, 1.82) is 0 Å². The molecular formula is C20H33N3. The van der Waals surface area contributed by atoms with Crippen molar-refractivity contribution in [2.75, 3.05) is 24.1 Å². The van der Waals surface area contributed by atoms with Crippen molar-refractivity contribution in [3.8, 4) is 0 Å². The van der Waals surface area contributed by atoms with Gasteiger partial charge in [0.2, 0.25) is 0 Å². The van der Waals surface area contributed by atoms with Crippen molar-refractivity contribution >= 4 is 11.4 Å². The number of nitrogens with zero attached hydrogens (tertiary/aromatic N) is 1. The van der Waals surface area contributed by atoms with Crippen LogP contribution in [0.5, 0.6) is 0 Å². The molecule has 128 valence electrons. The largest absolute Gasteiger partial charge is 0.397 e. The van der Waals surface area contributed by atoms with Crippen LogP contribution in [0.1, 0.15) is 64.7 Å². The minimum Gasteiger partial charge on any atom is -0.397 e. The molecule has 0 unspecified atom stereocenters. The summed E-state index contributed by atoms with van der Waals surface area (Å²) in [5.74, 6) is 0. The van der Waals surface area contributed by atoms with Crippen LogP contribution in [0.15, 0.2) is 24.3 Å². The van der Waals surface area contributed by atoms with Gasteiger partial charge in [0.1, 0.15) is 0 Å². The second kappa shape index (κ2) is 7.57. The molecule has 3 heteroatoms. The van der Waals surface area contributed by atoms with E-state index in [9.17, 15) is 0 Å². The Kier molecular flexibility index (Phi) is 5.47. The molecule has 0 radical (unpaired) electrons. The molecule has 0 aromatic heterocycles. The summed E-state index contributed by atoms with van der Waals surface area (Å²) in [5.41, 5.74) is 8.47. The number of rotatable bonds is 3. The van der Waals surface area contributed by atoms with E-state index in [1.165, 1.54) is 70.9 Å². The SMILES string of the molecule is CC1(N2CCC(Nc3ccccc3N)CC2)CCCCCCC1. The molecule has 0 amide bonds. The minimum atomic E-state index is 0.442. The number of anilines is 2. The van der Waals surface area contributed by atoms with E-state index in [0.29, 0.717) is 11.6 Å². The van der Waals surface area contributed by atoms with Crippen LogP contribution in [0.4, 0.5) is 11.4 Å². The lowest BCUT2D eigenvalue weighted by molar-refractivity contribution is 0.0542. The molecule has 1 heterocycles. The summed E-state index contributed by atoms with van der Waals surface area (Å²) in [6.07, 6.45) is 12.4. The van der Waals surface area contributed by atoms with Crippen molar-refractivity contribution in [3.05, 3.63) is 24.3 Å². The Bertz CT molecular complexity index is 483. The number of hydrogen-bond acceptors (Lipinski definition) is 3. The first-order valence-electron chi connectivity index (χ1n) is 9.53. The number of nitrogen functional groups attached to an aromatic ring is 1. The lowest BCUT2D eigenvalue weighted by Gasteiger charge is -2.46. The van der Waals surface area contributed by atoms with Gasteiger partial charge in [0, 0.05) is 24.7 Å². The number of nitrogens with one attached hydrogen (secondary N) is 1. The highest BCUT2D eigenvalue weighted by Crippen LogP contribution is 2.34. The molecule has 1 aromatic carbocycles. The van der Waals surface area contributed by atoms with Gasteiger partial charge in [-0.25, -0.2) is 0 Å². The standard InChI is InChI=1S/C20H33N3/c1-20(13-7-3-2-4-8-14-20)23-15-11-17(12-16-23)22-19-10-6-5-9-18(19)21/h5-6,9-10,17,22H,2-4,7-8,11-16,21H2,1H3. The van der Waals surface area contributed by atoms with E-state index in [2.05, 4.69) is 29.3 Å². The molecule has 1 saturated heterocycles. The molecule has 0 spiro atoms. The first-order chi connectivity index (χ1) is 11.2. The second-order valence-electron chi connectivity index (χ2n) is 7.76. The van der Waals surface area contributed by atoms with E-state index in [1.54, 1.807) is 0 Å².